The standard InChI is InChI=1S/C17H19BrN2/c1-12-10-13-4-2-3-5-16(13)20(12)17-7-6-15(18)11-14(17)8-9-19/h2-7,11-12H,8-10,19H2,1H3. The number of nitrogens with zero attached hydrogens (tertiary/aromatic N) is 1. The van der Waals surface area contributed by atoms with Crippen molar-refractivity contribution in [3.05, 3.63) is 58.1 Å². The summed E-state index contributed by atoms with van der Waals surface area (Å²) in [5, 5.41) is 0. The van der Waals surface area contributed by atoms with Crippen LogP contribution < -0.4 is 10.6 Å². The van der Waals surface area contributed by atoms with Gasteiger partial charge in [0.2, 0.25) is 0 Å². The van der Waals surface area contributed by atoms with E-state index in [1.54, 1.807) is 0 Å². The zero-order valence-corrected chi connectivity index (χ0v) is 13.2. The van der Waals surface area contributed by atoms with Gasteiger partial charge in [-0.05, 0) is 61.7 Å². The van der Waals surface area contributed by atoms with Crippen LogP contribution in [-0.4, -0.2) is 12.6 Å². The highest BCUT2D eigenvalue weighted by Crippen LogP contribution is 2.40. The Hall–Kier alpha value is -1.32. The molecule has 0 radical (unpaired) electrons. The zero-order valence-electron chi connectivity index (χ0n) is 11.6. The summed E-state index contributed by atoms with van der Waals surface area (Å²) < 4.78 is 1.12. The van der Waals surface area contributed by atoms with E-state index < -0.39 is 0 Å². The molecule has 0 bridgehead atoms. The highest BCUT2D eigenvalue weighted by Gasteiger charge is 2.27. The molecule has 1 unspecified atom stereocenters. The average Bonchev–Trinajstić information content (AvgIpc) is 2.76. The van der Waals surface area contributed by atoms with Gasteiger partial charge in [-0.15, -0.1) is 0 Å². The van der Waals surface area contributed by atoms with Crippen molar-refractivity contribution < 1.29 is 0 Å². The molecule has 1 atom stereocenters. The Morgan fingerprint density at radius 1 is 1.20 bits per heavy atom. The first-order valence-electron chi connectivity index (χ1n) is 7.06. The number of nitrogens with two attached hydrogens (primary N) is 1. The largest absolute Gasteiger partial charge is 0.338 e. The molecule has 0 aliphatic carbocycles. The fourth-order valence-corrected chi connectivity index (χ4v) is 3.49. The highest BCUT2D eigenvalue weighted by atomic mass is 79.9. The molecule has 20 heavy (non-hydrogen) atoms. The van der Waals surface area contributed by atoms with Gasteiger partial charge in [-0.1, -0.05) is 34.1 Å². The predicted molar refractivity (Wildman–Crippen MR) is 88.6 cm³/mol. The monoisotopic (exact) mass is 330 g/mol. The van der Waals surface area contributed by atoms with Gasteiger partial charge in [-0.25, -0.2) is 0 Å². The quantitative estimate of drug-likeness (QED) is 0.920. The van der Waals surface area contributed by atoms with E-state index in [4.69, 9.17) is 5.73 Å². The van der Waals surface area contributed by atoms with Crippen molar-refractivity contribution in [2.75, 3.05) is 11.4 Å². The molecule has 0 fully saturated rings. The number of hydrogen-bond acceptors (Lipinski definition) is 2. The van der Waals surface area contributed by atoms with Crippen molar-refractivity contribution in [2.45, 2.75) is 25.8 Å². The van der Waals surface area contributed by atoms with E-state index in [1.807, 2.05) is 0 Å². The molecule has 1 aliphatic rings. The molecule has 0 saturated carbocycles. The third-order valence-corrected chi connectivity index (χ3v) is 4.42. The number of para-hydroxylation sites is 1. The van der Waals surface area contributed by atoms with Crippen LogP contribution in [0.5, 0.6) is 0 Å². The van der Waals surface area contributed by atoms with Crippen molar-refractivity contribution in [1.29, 1.82) is 0 Å². The molecule has 0 amide bonds. The van der Waals surface area contributed by atoms with Crippen molar-refractivity contribution in [1.82, 2.24) is 0 Å². The van der Waals surface area contributed by atoms with Crippen LogP contribution in [0.1, 0.15) is 18.1 Å². The van der Waals surface area contributed by atoms with Gasteiger partial charge in [0.25, 0.3) is 0 Å². The van der Waals surface area contributed by atoms with E-state index in [1.165, 1.54) is 22.5 Å². The second-order valence-corrected chi connectivity index (χ2v) is 6.28. The Morgan fingerprint density at radius 2 is 2.00 bits per heavy atom. The lowest BCUT2D eigenvalue weighted by Crippen LogP contribution is -2.25. The summed E-state index contributed by atoms with van der Waals surface area (Å²) in [7, 11) is 0. The van der Waals surface area contributed by atoms with Gasteiger partial charge in [-0.2, -0.15) is 0 Å². The van der Waals surface area contributed by atoms with E-state index >= 15 is 0 Å². The first-order chi connectivity index (χ1) is 9.70. The van der Waals surface area contributed by atoms with Crippen LogP contribution in [0, 0.1) is 0 Å². The Balaban J connectivity index is 2.09. The van der Waals surface area contributed by atoms with Gasteiger partial charge in [0.1, 0.15) is 0 Å². The lowest BCUT2D eigenvalue weighted by atomic mass is 10.1. The van der Waals surface area contributed by atoms with Crippen LogP contribution in [0.2, 0.25) is 0 Å². The maximum absolute atomic E-state index is 5.77. The van der Waals surface area contributed by atoms with E-state index in [0.29, 0.717) is 12.6 Å². The van der Waals surface area contributed by atoms with E-state index in [0.717, 1.165) is 17.3 Å². The second-order valence-electron chi connectivity index (χ2n) is 5.36. The molecular formula is C17H19BrN2. The minimum atomic E-state index is 0.491. The highest BCUT2D eigenvalue weighted by molar-refractivity contribution is 9.10. The molecule has 2 N–H and O–H groups in total. The molecule has 1 aliphatic heterocycles. The summed E-state index contributed by atoms with van der Waals surface area (Å²) in [6, 6.07) is 15.7. The molecule has 2 aromatic rings. The maximum atomic E-state index is 5.77. The molecular weight excluding hydrogens is 312 g/mol. The van der Waals surface area contributed by atoms with Gasteiger partial charge < -0.3 is 10.6 Å². The lowest BCUT2D eigenvalue weighted by molar-refractivity contribution is 0.754. The number of benzene rings is 2. The molecule has 104 valence electrons. The van der Waals surface area contributed by atoms with Crippen LogP contribution >= 0.6 is 15.9 Å². The SMILES string of the molecule is CC1Cc2ccccc2N1c1ccc(Br)cc1CCN. The molecule has 3 heteroatoms. The Morgan fingerprint density at radius 3 is 2.80 bits per heavy atom. The summed E-state index contributed by atoms with van der Waals surface area (Å²) in [4.78, 5) is 2.45. The van der Waals surface area contributed by atoms with Crippen molar-refractivity contribution in [2.24, 2.45) is 5.73 Å². The van der Waals surface area contributed by atoms with Crippen LogP contribution in [-0.2, 0) is 12.8 Å². The maximum Gasteiger partial charge on any atom is 0.0447 e. The van der Waals surface area contributed by atoms with Crippen molar-refractivity contribution in [3.8, 4) is 0 Å². The van der Waals surface area contributed by atoms with Crippen LogP contribution in [0.25, 0.3) is 0 Å². The Labute approximate surface area is 128 Å². The number of rotatable bonds is 3. The molecule has 1 heterocycles. The molecule has 0 aromatic heterocycles. The van der Waals surface area contributed by atoms with Gasteiger partial charge in [0.15, 0.2) is 0 Å². The Kier molecular flexibility index (Phi) is 3.81. The molecule has 0 saturated heterocycles. The summed E-state index contributed by atoms with van der Waals surface area (Å²) in [5.41, 5.74) is 11.1. The normalized spacial score (nSPS) is 17.4. The van der Waals surface area contributed by atoms with E-state index in [2.05, 4.69) is 70.2 Å². The topological polar surface area (TPSA) is 29.3 Å². The number of hydrogen-bond donors (Lipinski definition) is 1. The van der Waals surface area contributed by atoms with Gasteiger partial charge >= 0.3 is 0 Å². The Bertz CT molecular complexity index is 624. The molecule has 0 spiro atoms. The van der Waals surface area contributed by atoms with Crippen LogP contribution in [0.4, 0.5) is 11.4 Å². The fourth-order valence-electron chi connectivity index (χ4n) is 3.08. The fraction of sp³-hybridized carbons (Fsp3) is 0.294. The smallest absolute Gasteiger partial charge is 0.0447 e. The minimum absolute atomic E-state index is 0.491. The van der Waals surface area contributed by atoms with Crippen LogP contribution in [0.3, 0.4) is 0 Å². The first-order valence-corrected chi connectivity index (χ1v) is 7.85. The summed E-state index contributed by atoms with van der Waals surface area (Å²) in [6.45, 7) is 2.96. The number of halogens is 1. The third kappa shape index (κ3) is 2.36. The predicted octanol–water partition coefficient (Wildman–Crippen LogP) is 4.03. The van der Waals surface area contributed by atoms with Gasteiger partial charge in [-0.3, -0.25) is 0 Å². The van der Waals surface area contributed by atoms with E-state index in [9.17, 15) is 0 Å². The summed E-state index contributed by atoms with van der Waals surface area (Å²) in [5.74, 6) is 0. The third-order valence-electron chi connectivity index (χ3n) is 3.92. The zero-order chi connectivity index (χ0) is 14.1. The van der Waals surface area contributed by atoms with Gasteiger partial charge in [0.05, 0.1) is 0 Å². The summed E-state index contributed by atoms with van der Waals surface area (Å²) in [6.07, 6.45) is 2.01. The molecule has 2 nitrogen and oxygen atoms in total. The minimum Gasteiger partial charge on any atom is -0.338 e. The first kappa shape index (κ1) is 13.7. The van der Waals surface area contributed by atoms with Crippen molar-refractivity contribution >= 4 is 27.3 Å². The lowest BCUT2D eigenvalue weighted by Gasteiger charge is -2.27. The van der Waals surface area contributed by atoms with Crippen LogP contribution in [0.15, 0.2) is 46.9 Å². The van der Waals surface area contributed by atoms with Crippen molar-refractivity contribution in [3.63, 3.8) is 0 Å². The van der Waals surface area contributed by atoms with Gasteiger partial charge in [0, 0.05) is 21.9 Å². The van der Waals surface area contributed by atoms with E-state index in [-0.39, 0.29) is 0 Å². The average molecular weight is 331 g/mol. The molecule has 2 aromatic carbocycles. The second kappa shape index (κ2) is 5.58. The number of fused-ring (bicyclic) bond motifs is 1. The summed E-state index contributed by atoms with van der Waals surface area (Å²) >= 11 is 3.56. The molecule has 3 rings (SSSR count). The number of anilines is 2.